The predicted molar refractivity (Wildman–Crippen MR) is 84.4 cm³/mol. The highest BCUT2D eigenvalue weighted by Crippen LogP contribution is 2.02. The quantitative estimate of drug-likeness (QED) is 0.459. The molecule has 0 spiro atoms. The van der Waals surface area contributed by atoms with Crippen LogP contribution >= 0.6 is 0 Å². The van der Waals surface area contributed by atoms with Crippen molar-refractivity contribution in [3.8, 4) is 0 Å². The van der Waals surface area contributed by atoms with Crippen molar-refractivity contribution in [3.05, 3.63) is 59.5 Å². The Kier molecular flexibility index (Phi) is 5.93. The molecule has 1 aromatic heterocycles. The predicted octanol–water partition coefficient (Wildman–Crippen LogP) is 1.42. The normalized spacial score (nSPS) is 10.5. The van der Waals surface area contributed by atoms with E-state index in [9.17, 15) is 9.59 Å². The number of benzene rings is 1. The van der Waals surface area contributed by atoms with Gasteiger partial charge in [0.05, 0.1) is 12.5 Å². The van der Waals surface area contributed by atoms with E-state index in [1.54, 1.807) is 42.6 Å². The molecule has 2 amide bonds. The van der Waals surface area contributed by atoms with Crippen molar-refractivity contribution < 1.29 is 18.8 Å². The van der Waals surface area contributed by atoms with Crippen molar-refractivity contribution in [2.24, 2.45) is 5.16 Å². The van der Waals surface area contributed by atoms with E-state index in [2.05, 4.69) is 20.6 Å². The zero-order chi connectivity index (χ0) is 16.5. The summed E-state index contributed by atoms with van der Waals surface area (Å²) in [5, 5.41) is 9.01. The Morgan fingerprint density at radius 3 is 2.43 bits per heavy atom. The second-order valence-corrected chi connectivity index (χ2v) is 4.53. The Morgan fingerprint density at radius 2 is 1.83 bits per heavy atom. The average Bonchev–Trinajstić information content (AvgIpc) is 3.11. The van der Waals surface area contributed by atoms with E-state index >= 15 is 0 Å². The van der Waals surface area contributed by atoms with Crippen LogP contribution in [0.2, 0.25) is 0 Å². The maximum Gasteiger partial charge on any atom is 0.287 e. The topological polar surface area (TPSA) is 92.9 Å². The lowest BCUT2D eigenvalue weighted by Gasteiger charge is -2.06. The second-order valence-electron chi connectivity index (χ2n) is 4.53. The largest absolute Gasteiger partial charge is 0.459 e. The third-order valence-electron chi connectivity index (χ3n) is 2.92. The lowest BCUT2D eigenvalue weighted by Crippen LogP contribution is -2.34. The summed E-state index contributed by atoms with van der Waals surface area (Å²) in [6.45, 7) is 0.627. The summed E-state index contributed by atoms with van der Waals surface area (Å²) in [7, 11) is 1.46. The van der Waals surface area contributed by atoms with Gasteiger partial charge in [-0.2, -0.15) is 0 Å². The number of hydrogen-bond acceptors (Lipinski definition) is 5. The molecule has 23 heavy (non-hydrogen) atoms. The molecule has 120 valence electrons. The number of amides is 2. The number of oxime groups is 1. The van der Waals surface area contributed by atoms with Crippen LogP contribution in [-0.4, -0.2) is 38.2 Å². The number of hydrogen-bond donors (Lipinski definition) is 2. The van der Waals surface area contributed by atoms with Crippen LogP contribution in [0, 0.1) is 0 Å². The van der Waals surface area contributed by atoms with Gasteiger partial charge in [0.1, 0.15) is 7.11 Å². The van der Waals surface area contributed by atoms with Crippen molar-refractivity contribution in [1.82, 2.24) is 10.6 Å². The van der Waals surface area contributed by atoms with Crippen molar-refractivity contribution in [2.75, 3.05) is 20.2 Å². The van der Waals surface area contributed by atoms with Crippen molar-refractivity contribution >= 4 is 18.0 Å². The molecule has 7 heteroatoms. The summed E-state index contributed by atoms with van der Waals surface area (Å²) < 4.78 is 4.96. The minimum atomic E-state index is -0.314. The highest BCUT2D eigenvalue weighted by atomic mass is 16.6. The molecular formula is C16H17N3O4. The molecule has 2 rings (SSSR count). The monoisotopic (exact) mass is 315 g/mol. The minimum absolute atomic E-state index is 0.215. The van der Waals surface area contributed by atoms with Gasteiger partial charge in [-0.3, -0.25) is 9.59 Å². The first-order chi connectivity index (χ1) is 11.2. The summed E-state index contributed by atoms with van der Waals surface area (Å²) in [5.74, 6) is -0.289. The maximum absolute atomic E-state index is 11.9. The van der Waals surface area contributed by atoms with Crippen molar-refractivity contribution in [3.63, 3.8) is 0 Å². The standard InChI is InChI=1S/C16H17N3O4/c1-22-19-11-12-4-6-13(7-5-12)15(20)17-8-9-18-16(21)14-3-2-10-23-14/h2-7,10-11H,8-9H2,1H3,(H,17,20)(H,18,21)/b19-11+. The van der Waals surface area contributed by atoms with Crippen LogP contribution < -0.4 is 10.6 Å². The third kappa shape index (κ3) is 4.99. The first-order valence-electron chi connectivity index (χ1n) is 6.97. The summed E-state index contributed by atoms with van der Waals surface area (Å²) in [5.41, 5.74) is 1.35. The lowest BCUT2D eigenvalue weighted by molar-refractivity contribution is 0.0910. The molecule has 0 aliphatic carbocycles. The van der Waals surface area contributed by atoms with Gasteiger partial charge < -0.3 is 19.9 Å². The van der Waals surface area contributed by atoms with Gasteiger partial charge >= 0.3 is 0 Å². The molecule has 0 aliphatic heterocycles. The average molecular weight is 315 g/mol. The third-order valence-corrected chi connectivity index (χ3v) is 2.92. The molecule has 1 aromatic carbocycles. The van der Waals surface area contributed by atoms with E-state index in [0.717, 1.165) is 5.56 Å². The molecule has 1 heterocycles. The smallest absolute Gasteiger partial charge is 0.287 e. The summed E-state index contributed by atoms with van der Waals surface area (Å²) in [4.78, 5) is 28.1. The van der Waals surface area contributed by atoms with Gasteiger partial charge in [-0.15, -0.1) is 0 Å². The first kappa shape index (κ1) is 16.3. The van der Waals surface area contributed by atoms with Gasteiger partial charge in [-0.25, -0.2) is 0 Å². The fourth-order valence-electron chi connectivity index (χ4n) is 1.78. The Hall–Kier alpha value is -3.09. The SMILES string of the molecule is CO/N=C/c1ccc(C(=O)NCCNC(=O)c2ccco2)cc1. The highest BCUT2D eigenvalue weighted by Gasteiger charge is 2.08. The lowest BCUT2D eigenvalue weighted by atomic mass is 10.1. The second kappa shape index (κ2) is 8.38. The summed E-state index contributed by atoms with van der Waals surface area (Å²) >= 11 is 0. The molecule has 0 bridgehead atoms. The van der Waals surface area contributed by atoms with Crippen LogP contribution in [0.1, 0.15) is 26.5 Å². The molecule has 0 saturated heterocycles. The van der Waals surface area contributed by atoms with Crippen molar-refractivity contribution in [1.29, 1.82) is 0 Å². The maximum atomic E-state index is 11.9. The number of carbonyl (C=O) groups excluding carboxylic acids is 2. The number of furan rings is 1. The van der Waals surface area contributed by atoms with Crippen LogP contribution in [-0.2, 0) is 4.84 Å². The zero-order valence-corrected chi connectivity index (χ0v) is 12.6. The van der Waals surface area contributed by atoms with Crippen LogP contribution in [0.25, 0.3) is 0 Å². The zero-order valence-electron chi connectivity index (χ0n) is 12.6. The summed E-state index contributed by atoms with van der Waals surface area (Å²) in [6, 6.07) is 10.1. The molecule has 0 fully saturated rings. The van der Waals surface area contributed by atoms with E-state index in [1.807, 2.05) is 0 Å². The number of carbonyl (C=O) groups is 2. The molecule has 7 nitrogen and oxygen atoms in total. The molecule has 2 N–H and O–H groups in total. The Labute approximate surface area is 133 Å². The fraction of sp³-hybridized carbons (Fsp3) is 0.188. The van der Waals surface area contributed by atoms with Crippen molar-refractivity contribution in [2.45, 2.75) is 0 Å². The van der Waals surface area contributed by atoms with E-state index < -0.39 is 0 Å². The summed E-state index contributed by atoms with van der Waals surface area (Å²) in [6.07, 6.45) is 2.98. The van der Waals surface area contributed by atoms with E-state index in [4.69, 9.17) is 4.42 Å². The van der Waals surface area contributed by atoms with Gasteiger partial charge in [-0.1, -0.05) is 17.3 Å². The first-order valence-corrected chi connectivity index (χ1v) is 6.97. The van der Waals surface area contributed by atoms with Crippen LogP contribution in [0.15, 0.2) is 52.2 Å². The van der Waals surface area contributed by atoms with Crippen LogP contribution in [0.4, 0.5) is 0 Å². The molecule has 0 unspecified atom stereocenters. The van der Waals surface area contributed by atoms with Gasteiger partial charge in [0.25, 0.3) is 11.8 Å². The van der Waals surface area contributed by atoms with Crippen LogP contribution in [0.5, 0.6) is 0 Å². The number of rotatable bonds is 7. The Morgan fingerprint density at radius 1 is 1.13 bits per heavy atom. The van der Waals surface area contributed by atoms with Gasteiger partial charge in [0.2, 0.25) is 0 Å². The molecule has 0 atom stereocenters. The molecule has 0 aliphatic rings. The molecule has 0 saturated carbocycles. The van der Waals surface area contributed by atoms with Crippen LogP contribution in [0.3, 0.4) is 0 Å². The molecule has 0 radical (unpaired) electrons. The highest BCUT2D eigenvalue weighted by molar-refractivity contribution is 5.95. The van der Waals surface area contributed by atoms with Gasteiger partial charge in [-0.05, 0) is 29.8 Å². The number of nitrogens with zero attached hydrogens (tertiary/aromatic N) is 1. The van der Waals surface area contributed by atoms with E-state index in [-0.39, 0.29) is 17.6 Å². The van der Waals surface area contributed by atoms with E-state index in [1.165, 1.54) is 13.4 Å². The minimum Gasteiger partial charge on any atom is -0.459 e. The fourth-order valence-corrected chi connectivity index (χ4v) is 1.78. The molecule has 2 aromatic rings. The van der Waals surface area contributed by atoms with E-state index in [0.29, 0.717) is 18.7 Å². The number of nitrogens with one attached hydrogen (secondary N) is 2. The Balaban J connectivity index is 1.74. The Bertz CT molecular complexity index is 663. The van der Waals surface area contributed by atoms with Gasteiger partial charge in [0.15, 0.2) is 5.76 Å². The van der Waals surface area contributed by atoms with Gasteiger partial charge in [0, 0.05) is 18.7 Å². The molecular weight excluding hydrogens is 298 g/mol.